The monoisotopic (exact) mass is 279 g/mol. The van der Waals surface area contributed by atoms with Crippen LogP contribution >= 0.6 is 11.6 Å². The number of alkyl halides is 1. The average molecular weight is 280 g/mol. The highest BCUT2D eigenvalue weighted by Crippen LogP contribution is 2.24. The van der Waals surface area contributed by atoms with E-state index >= 15 is 0 Å². The molecular formula is C15H18ClNO2. The SMILES string of the molecule is CC1=CCOC[C@@H]1N(C(=O)CCl)c1ccc(C)cc1. The van der Waals surface area contributed by atoms with Gasteiger partial charge in [0.2, 0.25) is 5.91 Å². The summed E-state index contributed by atoms with van der Waals surface area (Å²) < 4.78 is 5.46. The van der Waals surface area contributed by atoms with Gasteiger partial charge in [0.1, 0.15) is 5.88 Å². The van der Waals surface area contributed by atoms with Gasteiger partial charge in [-0.25, -0.2) is 0 Å². The number of carbonyl (C=O) groups is 1. The molecule has 1 aliphatic rings. The molecule has 0 fully saturated rings. The van der Waals surface area contributed by atoms with Gasteiger partial charge in [-0.2, -0.15) is 0 Å². The van der Waals surface area contributed by atoms with Crippen molar-refractivity contribution in [3.63, 3.8) is 0 Å². The Labute approximate surface area is 118 Å². The van der Waals surface area contributed by atoms with Crippen LogP contribution in [0.25, 0.3) is 0 Å². The third-order valence-electron chi connectivity index (χ3n) is 3.33. The van der Waals surface area contributed by atoms with Gasteiger partial charge in [-0.3, -0.25) is 4.79 Å². The minimum absolute atomic E-state index is 0.0301. The van der Waals surface area contributed by atoms with Crippen LogP contribution in [0.5, 0.6) is 0 Å². The predicted molar refractivity (Wildman–Crippen MR) is 77.7 cm³/mol. The number of rotatable bonds is 3. The van der Waals surface area contributed by atoms with E-state index < -0.39 is 0 Å². The lowest BCUT2D eigenvalue weighted by Crippen LogP contribution is -2.46. The first kappa shape index (κ1) is 14.1. The Bertz CT molecular complexity index is 481. The number of anilines is 1. The van der Waals surface area contributed by atoms with Crippen molar-refractivity contribution in [2.24, 2.45) is 0 Å². The summed E-state index contributed by atoms with van der Waals surface area (Å²) in [6, 6.07) is 7.81. The van der Waals surface area contributed by atoms with E-state index in [4.69, 9.17) is 16.3 Å². The zero-order valence-corrected chi connectivity index (χ0v) is 12.0. The van der Waals surface area contributed by atoms with E-state index in [0.29, 0.717) is 13.2 Å². The maximum atomic E-state index is 12.2. The molecule has 1 heterocycles. The quantitative estimate of drug-likeness (QED) is 0.629. The first-order valence-electron chi connectivity index (χ1n) is 6.32. The number of aryl methyl sites for hydroxylation is 1. The van der Waals surface area contributed by atoms with E-state index in [1.165, 1.54) is 0 Å². The van der Waals surface area contributed by atoms with Crippen molar-refractivity contribution in [1.82, 2.24) is 0 Å². The van der Waals surface area contributed by atoms with Crippen LogP contribution in [-0.2, 0) is 9.53 Å². The van der Waals surface area contributed by atoms with Crippen LogP contribution in [0.15, 0.2) is 35.9 Å². The highest BCUT2D eigenvalue weighted by Gasteiger charge is 2.27. The normalized spacial score (nSPS) is 18.9. The number of amides is 1. The summed E-state index contributed by atoms with van der Waals surface area (Å²) in [5.41, 5.74) is 3.17. The average Bonchev–Trinajstić information content (AvgIpc) is 2.43. The molecule has 0 spiro atoms. The zero-order valence-electron chi connectivity index (χ0n) is 11.2. The van der Waals surface area contributed by atoms with Gasteiger partial charge in [0.15, 0.2) is 0 Å². The first-order valence-corrected chi connectivity index (χ1v) is 6.86. The van der Waals surface area contributed by atoms with Crippen molar-refractivity contribution in [2.45, 2.75) is 19.9 Å². The van der Waals surface area contributed by atoms with Gasteiger partial charge >= 0.3 is 0 Å². The van der Waals surface area contributed by atoms with Crippen molar-refractivity contribution in [1.29, 1.82) is 0 Å². The molecule has 0 N–H and O–H groups in total. The molecule has 102 valence electrons. The predicted octanol–water partition coefficient (Wildman–Crippen LogP) is 2.91. The molecule has 0 aliphatic carbocycles. The maximum absolute atomic E-state index is 12.2. The molecule has 19 heavy (non-hydrogen) atoms. The summed E-state index contributed by atoms with van der Waals surface area (Å²) in [4.78, 5) is 13.9. The molecule has 0 saturated heterocycles. The standard InChI is InChI=1S/C15H18ClNO2/c1-11-3-5-13(6-4-11)17(15(18)9-16)14-10-19-8-7-12(14)2/h3-7,14H,8-10H2,1-2H3/t14-/m0/s1. The summed E-state index contributed by atoms with van der Waals surface area (Å²) in [7, 11) is 0. The number of hydrogen-bond donors (Lipinski definition) is 0. The number of ether oxygens (including phenoxy) is 1. The van der Waals surface area contributed by atoms with E-state index in [2.05, 4.69) is 0 Å². The fraction of sp³-hybridized carbons (Fsp3) is 0.400. The van der Waals surface area contributed by atoms with Crippen molar-refractivity contribution < 1.29 is 9.53 Å². The Balaban J connectivity index is 2.35. The molecule has 0 bridgehead atoms. The second-order valence-electron chi connectivity index (χ2n) is 4.73. The summed E-state index contributed by atoms with van der Waals surface area (Å²) in [6.45, 7) is 5.17. The molecule has 1 amide bonds. The molecule has 4 heteroatoms. The number of benzene rings is 1. The Morgan fingerprint density at radius 3 is 2.63 bits per heavy atom. The van der Waals surface area contributed by atoms with E-state index in [9.17, 15) is 4.79 Å². The minimum Gasteiger partial charge on any atom is -0.375 e. The number of halogens is 1. The molecule has 0 radical (unpaired) electrons. The summed E-state index contributed by atoms with van der Waals surface area (Å²) in [6.07, 6.45) is 2.01. The highest BCUT2D eigenvalue weighted by atomic mass is 35.5. The van der Waals surface area contributed by atoms with Crippen LogP contribution in [0.1, 0.15) is 12.5 Å². The Morgan fingerprint density at radius 1 is 1.37 bits per heavy atom. The first-order chi connectivity index (χ1) is 9.13. The molecule has 0 aromatic heterocycles. The largest absolute Gasteiger partial charge is 0.375 e. The van der Waals surface area contributed by atoms with E-state index in [-0.39, 0.29) is 17.8 Å². The van der Waals surface area contributed by atoms with Crippen LogP contribution in [0, 0.1) is 6.92 Å². The van der Waals surface area contributed by atoms with Crippen molar-refractivity contribution >= 4 is 23.2 Å². The lowest BCUT2D eigenvalue weighted by molar-refractivity contribution is -0.116. The van der Waals surface area contributed by atoms with Gasteiger partial charge in [-0.1, -0.05) is 23.8 Å². The lowest BCUT2D eigenvalue weighted by Gasteiger charge is -2.34. The van der Waals surface area contributed by atoms with Crippen LogP contribution in [0.4, 0.5) is 5.69 Å². The Hall–Kier alpha value is -1.32. The third-order valence-corrected chi connectivity index (χ3v) is 3.56. The van der Waals surface area contributed by atoms with Crippen molar-refractivity contribution in [3.8, 4) is 0 Å². The second-order valence-corrected chi connectivity index (χ2v) is 5.00. The van der Waals surface area contributed by atoms with Crippen LogP contribution in [-0.4, -0.2) is 31.0 Å². The molecule has 1 atom stereocenters. The molecule has 0 unspecified atom stereocenters. The minimum atomic E-state index is -0.103. The molecular weight excluding hydrogens is 262 g/mol. The van der Waals surface area contributed by atoms with Gasteiger partial charge in [0, 0.05) is 5.69 Å². The number of nitrogens with zero attached hydrogens (tertiary/aromatic N) is 1. The summed E-state index contributed by atoms with van der Waals surface area (Å²) in [5.74, 6) is -0.133. The molecule has 3 nitrogen and oxygen atoms in total. The molecule has 1 aliphatic heterocycles. The van der Waals surface area contributed by atoms with Crippen molar-refractivity contribution in [3.05, 3.63) is 41.5 Å². The summed E-state index contributed by atoms with van der Waals surface area (Å²) in [5, 5.41) is 0. The smallest absolute Gasteiger partial charge is 0.242 e. The topological polar surface area (TPSA) is 29.5 Å². The molecule has 2 rings (SSSR count). The maximum Gasteiger partial charge on any atom is 0.242 e. The molecule has 0 saturated carbocycles. The van der Waals surface area contributed by atoms with Crippen LogP contribution in [0.2, 0.25) is 0 Å². The highest BCUT2D eigenvalue weighted by molar-refractivity contribution is 6.29. The van der Waals surface area contributed by atoms with Gasteiger partial charge < -0.3 is 9.64 Å². The van der Waals surface area contributed by atoms with E-state index in [0.717, 1.165) is 16.8 Å². The number of hydrogen-bond acceptors (Lipinski definition) is 2. The molecule has 1 aromatic carbocycles. The Kier molecular flexibility index (Phi) is 4.61. The van der Waals surface area contributed by atoms with Gasteiger partial charge in [0.05, 0.1) is 19.3 Å². The number of carbonyl (C=O) groups excluding carboxylic acids is 1. The fourth-order valence-electron chi connectivity index (χ4n) is 2.18. The van der Waals surface area contributed by atoms with E-state index in [1.807, 2.05) is 44.2 Å². The van der Waals surface area contributed by atoms with Gasteiger partial charge in [-0.15, -0.1) is 11.6 Å². The summed E-state index contributed by atoms with van der Waals surface area (Å²) >= 11 is 5.74. The molecule has 1 aromatic rings. The van der Waals surface area contributed by atoms with Gasteiger partial charge in [0.25, 0.3) is 0 Å². The van der Waals surface area contributed by atoms with E-state index in [1.54, 1.807) is 4.90 Å². The fourth-order valence-corrected chi connectivity index (χ4v) is 2.31. The van der Waals surface area contributed by atoms with Crippen molar-refractivity contribution in [2.75, 3.05) is 24.0 Å². The Morgan fingerprint density at radius 2 is 2.05 bits per heavy atom. The zero-order chi connectivity index (χ0) is 13.8. The van der Waals surface area contributed by atoms with Crippen LogP contribution in [0.3, 0.4) is 0 Å². The van der Waals surface area contributed by atoms with Gasteiger partial charge in [-0.05, 0) is 31.6 Å². The second kappa shape index (κ2) is 6.22. The lowest BCUT2D eigenvalue weighted by atomic mass is 10.0. The third kappa shape index (κ3) is 3.17. The van der Waals surface area contributed by atoms with Crippen LogP contribution < -0.4 is 4.90 Å².